The maximum Gasteiger partial charge on any atom is 0.254 e. The SMILES string of the molecule is O=C(NCc1ccccc1)C1CCN(C(=O)c2ccccc2SCc2ccsc2)CC1. The number of thioether (sulfide) groups is 1. The van der Waals surface area contributed by atoms with Crippen LogP contribution in [0, 0.1) is 5.92 Å². The molecule has 1 fully saturated rings. The number of benzene rings is 2. The van der Waals surface area contributed by atoms with Crippen LogP contribution in [0.5, 0.6) is 0 Å². The molecule has 1 N–H and O–H groups in total. The van der Waals surface area contributed by atoms with Gasteiger partial charge in [0.05, 0.1) is 5.56 Å². The van der Waals surface area contributed by atoms with Gasteiger partial charge in [-0.05, 0) is 52.9 Å². The fraction of sp³-hybridized carbons (Fsp3) is 0.280. The van der Waals surface area contributed by atoms with Gasteiger partial charge in [0.25, 0.3) is 5.91 Å². The molecular formula is C25H26N2O2S2. The summed E-state index contributed by atoms with van der Waals surface area (Å²) in [6.07, 6.45) is 1.41. The van der Waals surface area contributed by atoms with Crippen LogP contribution in [0.25, 0.3) is 0 Å². The molecule has 31 heavy (non-hydrogen) atoms. The standard InChI is InChI=1S/C25H26N2O2S2/c28-24(26-16-19-6-2-1-3-7-19)21-10-13-27(14-11-21)25(29)22-8-4-5-9-23(22)31-18-20-12-15-30-17-20/h1-9,12,15,17,21H,10-11,13-14,16,18H2,(H,26,28). The van der Waals surface area contributed by atoms with Gasteiger partial charge in [0.1, 0.15) is 0 Å². The van der Waals surface area contributed by atoms with Crippen LogP contribution in [-0.4, -0.2) is 29.8 Å². The number of nitrogens with zero attached hydrogens (tertiary/aromatic N) is 1. The zero-order valence-electron chi connectivity index (χ0n) is 17.3. The molecule has 0 unspecified atom stereocenters. The molecule has 3 aromatic rings. The quantitative estimate of drug-likeness (QED) is 0.503. The van der Waals surface area contributed by atoms with Crippen molar-refractivity contribution < 1.29 is 9.59 Å². The molecule has 1 aliphatic rings. The molecule has 2 heterocycles. The maximum absolute atomic E-state index is 13.2. The van der Waals surface area contributed by atoms with E-state index in [1.807, 2.05) is 59.5 Å². The molecule has 160 valence electrons. The second kappa shape index (κ2) is 10.6. The van der Waals surface area contributed by atoms with Crippen LogP contribution in [0.15, 0.2) is 76.3 Å². The molecule has 0 radical (unpaired) electrons. The van der Waals surface area contributed by atoms with E-state index in [1.165, 1.54) is 5.56 Å². The van der Waals surface area contributed by atoms with E-state index in [9.17, 15) is 9.59 Å². The molecule has 6 heteroatoms. The lowest BCUT2D eigenvalue weighted by Gasteiger charge is -2.31. The molecule has 0 spiro atoms. The fourth-order valence-electron chi connectivity index (χ4n) is 3.75. The molecule has 0 bridgehead atoms. The molecule has 4 nitrogen and oxygen atoms in total. The van der Waals surface area contributed by atoms with Crippen LogP contribution in [0.1, 0.15) is 34.3 Å². The van der Waals surface area contributed by atoms with Gasteiger partial charge in [0.15, 0.2) is 0 Å². The van der Waals surface area contributed by atoms with Crippen molar-refractivity contribution in [2.75, 3.05) is 13.1 Å². The van der Waals surface area contributed by atoms with E-state index in [0.29, 0.717) is 32.5 Å². The number of rotatable bonds is 7. The Morgan fingerprint density at radius 1 is 0.968 bits per heavy atom. The lowest BCUT2D eigenvalue weighted by Crippen LogP contribution is -2.43. The van der Waals surface area contributed by atoms with E-state index in [0.717, 1.165) is 21.8 Å². The summed E-state index contributed by atoms with van der Waals surface area (Å²) in [5.41, 5.74) is 3.13. The molecule has 1 saturated heterocycles. The Morgan fingerprint density at radius 3 is 2.45 bits per heavy atom. The molecule has 2 amide bonds. The topological polar surface area (TPSA) is 49.4 Å². The minimum absolute atomic E-state index is 0.0315. The predicted molar refractivity (Wildman–Crippen MR) is 127 cm³/mol. The molecule has 0 saturated carbocycles. The number of likely N-dealkylation sites (tertiary alicyclic amines) is 1. The summed E-state index contributed by atoms with van der Waals surface area (Å²) in [5.74, 6) is 0.979. The summed E-state index contributed by atoms with van der Waals surface area (Å²) >= 11 is 3.39. The van der Waals surface area contributed by atoms with Crippen molar-refractivity contribution in [1.82, 2.24) is 10.2 Å². The van der Waals surface area contributed by atoms with E-state index in [4.69, 9.17) is 0 Å². The van der Waals surface area contributed by atoms with Gasteiger partial charge in [-0.1, -0.05) is 42.5 Å². The number of carbonyl (C=O) groups excluding carboxylic acids is 2. The normalized spacial score (nSPS) is 14.4. The van der Waals surface area contributed by atoms with Crippen molar-refractivity contribution in [3.05, 3.63) is 88.1 Å². The molecule has 1 aromatic heterocycles. The van der Waals surface area contributed by atoms with Crippen LogP contribution in [0.2, 0.25) is 0 Å². The van der Waals surface area contributed by atoms with Gasteiger partial charge in [-0.25, -0.2) is 0 Å². The van der Waals surface area contributed by atoms with Gasteiger partial charge in [0, 0.05) is 36.2 Å². The van der Waals surface area contributed by atoms with Crippen LogP contribution in [-0.2, 0) is 17.1 Å². The van der Waals surface area contributed by atoms with Crippen molar-refractivity contribution in [2.24, 2.45) is 5.92 Å². The predicted octanol–water partition coefficient (Wildman–Crippen LogP) is 5.21. The molecule has 1 aliphatic heterocycles. The smallest absolute Gasteiger partial charge is 0.254 e. The second-order valence-electron chi connectivity index (χ2n) is 7.69. The van der Waals surface area contributed by atoms with Crippen molar-refractivity contribution in [3.63, 3.8) is 0 Å². The van der Waals surface area contributed by atoms with E-state index < -0.39 is 0 Å². The number of carbonyl (C=O) groups is 2. The third-order valence-corrected chi connectivity index (χ3v) is 7.43. The number of nitrogens with one attached hydrogen (secondary N) is 1. The Bertz CT molecular complexity index is 997. The molecule has 4 rings (SSSR count). The summed E-state index contributed by atoms with van der Waals surface area (Å²) in [6, 6.07) is 19.9. The molecule has 0 atom stereocenters. The van der Waals surface area contributed by atoms with E-state index in [-0.39, 0.29) is 17.7 Å². The Hall–Kier alpha value is -2.57. The highest BCUT2D eigenvalue weighted by atomic mass is 32.2. The van der Waals surface area contributed by atoms with Gasteiger partial charge in [-0.15, -0.1) is 11.8 Å². The first-order valence-electron chi connectivity index (χ1n) is 10.5. The Morgan fingerprint density at radius 2 is 1.71 bits per heavy atom. The van der Waals surface area contributed by atoms with Gasteiger partial charge in [0.2, 0.25) is 5.91 Å². The average molecular weight is 451 g/mol. The average Bonchev–Trinajstić information content (AvgIpc) is 3.35. The Balaban J connectivity index is 1.30. The van der Waals surface area contributed by atoms with Gasteiger partial charge >= 0.3 is 0 Å². The van der Waals surface area contributed by atoms with E-state index in [2.05, 4.69) is 22.1 Å². The van der Waals surface area contributed by atoms with Crippen molar-refractivity contribution in [3.8, 4) is 0 Å². The monoisotopic (exact) mass is 450 g/mol. The highest BCUT2D eigenvalue weighted by Gasteiger charge is 2.28. The number of thiophene rings is 1. The molecule has 0 aliphatic carbocycles. The first-order chi connectivity index (χ1) is 15.2. The zero-order valence-corrected chi connectivity index (χ0v) is 19.0. The van der Waals surface area contributed by atoms with Gasteiger partial charge in [-0.3, -0.25) is 9.59 Å². The van der Waals surface area contributed by atoms with Crippen LogP contribution in [0.3, 0.4) is 0 Å². The number of amides is 2. The van der Waals surface area contributed by atoms with E-state index in [1.54, 1.807) is 23.1 Å². The highest BCUT2D eigenvalue weighted by molar-refractivity contribution is 7.98. The van der Waals surface area contributed by atoms with Crippen LogP contribution >= 0.6 is 23.1 Å². The first kappa shape index (κ1) is 21.7. The lowest BCUT2D eigenvalue weighted by molar-refractivity contribution is -0.126. The van der Waals surface area contributed by atoms with Crippen LogP contribution < -0.4 is 5.32 Å². The number of hydrogen-bond acceptors (Lipinski definition) is 4. The molecular weight excluding hydrogens is 424 g/mol. The largest absolute Gasteiger partial charge is 0.352 e. The van der Waals surface area contributed by atoms with Gasteiger partial charge in [-0.2, -0.15) is 11.3 Å². The summed E-state index contributed by atoms with van der Waals surface area (Å²) < 4.78 is 0. The summed E-state index contributed by atoms with van der Waals surface area (Å²) in [5, 5.41) is 7.26. The van der Waals surface area contributed by atoms with Crippen LogP contribution in [0.4, 0.5) is 0 Å². The second-order valence-corrected chi connectivity index (χ2v) is 9.48. The zero-order chi connectivity index (χ0) is 21.5. The van der Waals surface area contributed by atoms with Gasteiger partial charge < -0.3 is 10.2 Å². The van der Waals surface area contributed by atoms with Crippen molar-refractivity contribution >= 4 is 34.9 Å². The number of hydrogen-bond donors (Lipinski definition) is 1. The first-order valence-corrected chi connectivity index (χ1v) is 12.5. The minimum Gasteiger partial charge on any atom is -0.352 e. The maximum atomic E-state index is 13.2. The van der Waals surface area contributed by atoms with Crippen molar-refractivity contribution in [2.45, 2.75) is 30.0 Å². The summed E-state index contributed by atoms with van der Waals surface area (Å²) in [6.45, 7) is 1.78. The minimum atomic E-state index is -0.0315. The summed E-state index contributed by atoms with van der Waals surface area (Å²) in [4.78, 5) is 28.6. The third-order valence-electron chi connectivity index (χ3n) is 5.55. The van der Waals surface area contributed by atoms with E-state index >= 15 is 0 Å². The Kier molecular flexibility index (Phi) is 7.43. The Labute approximate surface area is 191 Å². The third kappa shape index (κ3) is 5.77. The fourth-order valence-corrected chi connectivity index (χ4v) is 5.51. The molecule has 2 aromatic carbocycles. The van der Waals surface area contributed by atoms with Crippen molar-refractivity contribution in [1.29, 1.82) is 0 Å². The summed E-state index contributed by atoms with van der Waals surface area (Å²) in [7, 11) is 0. The number of piperidine rings is 1. The highest BCUT2D eigenvalue weighted by Crippen LogP contribution is 2.29. The lowest BCUT2D eigenvalue weighted by atomic mass is 9.95.